The lowest BCUT2D eigenvalue weighted by molar-refractivity contribution is 0.0906. The SMILES string of the molecule is OCCOCCCCBr. The van der Waals surface area contributed by atoms with Crippen LogP contribution in [0.2, 0.25) is 0 Å². The van der Waals surface area contributed by atoms with Crippen LogP contribution < -0.4 is 0 Å². The van der Waals surface area contributed by atoms with Crippen LogP contribution in [0.4, 0.5) is 0 Å². The normalized spacial score (nSPS) is 10.0. The number of ether oxygens (including phenoxy) is 1. The molecule has 0 radical (unpaired) electrons. The van der Waals surface area contributed by atoms with Gasteiger partial charge in [0.25, 0.3) is 0 Å². The van der Waals surface area contributed by atoms with E-state index in [0.717, 1.165) is 24.8 Å². The summed E-state index contributed by atoms with van der Waals surface area (Å²) in [4.78, 5) is 0. The van der Waals surface area contributed by atoms with Crippen LogP contribution in [0.1, 0.15) is 12.8 Å². The Kier molecular flexibility index (Phi) is 8.77. The van der Waals surface area contributed by atoms with Crippen LogP contribution in [-0.4, -0.2) is 30.3 Å². The van der Waals surface area contributed by atoms with Gasteiger partial charge in [0.1, 0.15) is 0 Å². The maximum absolute atomic E-state index is 8.29. The van der Waals surface area contributed by atoms with E-state index in [-0.39, 0.29) is 6.61 Å². The third-order valence-corrected chi connectivity index (χ3v) is 1.47. The number of alkyl halides is 1. The van der Waals surface area contributed by atoms with Gasteiger partial charge in [0.2, 0.25) is 0 Å². The molecule has 0 rings (SSSR count). The number of unbranched alkanes of at least 4 members (excludes halogenated alkanes) is 1. The van der Waals surface area contributed by atoms with Gasteiger partial charge >= 0.3 is 0 Å². The van der Waals surface area contributed by atoms with E-state index in [1.165, 1.54) is 0 Å². The lowest BCUT2D eigenvalue weighted by Gasteiger charge is -1.98. The molecule has 0 atom stereocenters. The smallest absolute Gasteiger partial charge is 0.0697 e. The minimum absolute atomic E-state index is 0.133. The molecule has 0 aromatic rings. The van der Waals surface area contributed by atoms with Crippen LogP contribution in [0, 0.1) is 0 Å². The molecule has 1 N–H and O–H groups in total. The van der Waals surface area contributed by atoms with Crippen molar-refractivity contribution in [3.05, 3.63) is 0 Å². The molecule has 0 aliphatic rings. The van der Waals surface area contributed by atoms with Gasteiger partial charge in [0.15, 0.2) is 0 Å². The Hall–Kier alpha value is 0.400. The average molecular weight is 197 g/mol. The summed E-state index contributed by atoms with van der Waals surface area (Å²) in [6.07, 6.45) is 2.22. The number of aliphatic hydroxyl groups is 1. The standard InChI is InChI=1S/C6H13BrO2/c7-3-1-2-5-9-6-4-8/h8H,1-6H2. The molecule has 0 saturated carbocycles. The van der Waals surface area contributed by atoms with Crippen molar-refractivity contribution < 1.29 is 9.84 Å². The van der Waals surface area contributed by atoms with Crippen molar-refractivity contribution >= 4 is 15.9 Å². The van der Waals surface area contributed by atoms with Gasteiger partial charge in [-0.2, -0.15) is 0 Å². The van der Waals surface area contributed by atoms with Gasteiger partial charge in [-0.05, 0) is 12.8 Å². The quantitative estimate of drug-likeness (QED) is 0.511. The van der Waals surface area contributed by atoms with Gasteiger partial charge in [-0.15, -0.1) is 0 Å². The number of rotatable bonds is 6. The highest BCUT2D eigenvalue weighted by Crippen LogP contribution is 1.93. The fourth-order valence-electron chi connectivity index (χ4n) is 0.465. The van der Waals surface area contributed by atoms with Crippen molar-refractivity contribution in [1.29, 1.82) is 0 Å². The molecule has 9 heavy (non-hydrogen) atoms. The second kappa shape index (κ2) is 8.40. The van der Waals surface area contributed by atoms with Gasteiger partial charge in [-0.1, -0.05) is 15.9 Å². The maximum Gasteiger partial charge on any atom is 0.0697 e. The molecule has 0 fully saturated rings. The molecule has 2 nitrogen and oxygen atoms in total. The number of hydrogen-bond acceptors (Lipinski definition) is 2. The van der Waals surface area contributed by atoms with Crippen LogP contribution in [0.3, 0.4) is 0 Å². The topological polar surface area (TPSA) is 29.5 Å². The van der Waals surface area contributed by atoms with E-state index in [2.05, 4.69) is 15.9 Å². The van der Waals surface area contributed by atoms with Crippen LogP contribution in [-0.2, 0) is 4.74 Å². The maximum atomic E-state index is 8.29. The van der Waals surface area contributed by atoms with Crippen molar-refractivity contribution in [3.8, 4) is 0 Å². The summed E-state index contributed by atoms with van der Waals surface area (Å²) in [6, 6.07) is 0. The average Bonchev–Trinajstić information content (AvgIpc) is 1.89. The number of aliphatic hydroxyl groups excluding tert-OH is 1. The molecule has 56 valence electrons. The fourth-order valence-corrected chi connectivity index (χ4v) is 0.862. The Morgan fingerprint density at radius 1 is 1.22 bits per heavy atom. The van der Waals surface area contributed by atoms with Crippen molar-refractivity contribution in [1.82, 2.24) is 0 Å². The Morgan fingerprint density at radius 2 is 2.00 bits per heavy atom. The van der Waals surface area contributed by atoms with Crippen molar-refractivity contribution in [3.63, 3.8) is 0 Å². The largest absolute Gasteiger partial charge is 0.394 e. The van der Waals surface area contributed by atoms with Crippen LogP contribution in [0.15, 0.2) is 0 Å². The first-order chi connectivity index (χ1) is 4.41. The van der Waals surface area contributed by atoms with Crippen molar-refractivity contribution in [2.24, 2.45) is 0 Å². The van der Waals surface area contributed by atoms with Crippen LogP contribution in [0.25, 0.3) is 0 Å². The molecule has 3 heteroatoms. The molecule has 0 spiro atoms. The van der Waals surface area contributed by atoms with E-state index >= 15 is 0 Å². The van der Waals surface area contributed by atoms with E-state index in [0.29, 0.717) is 6.61 Å². The molecular weight excluding hydrogens is 184 g/mol. The lowest BCUT2D eigenvalue weighted by atomic mass is 10.4. The summed E-state index contributed by atoms with van der Waals surface area (Å²) in [5.74, 6) is 0. The zero-order valence-electron chi connectivity index (χ0n) is 5.48. The monoisotopic (exact) mass is 196 g/mol. The molecule has 0 heterocycles. The predicted molar refractivity (Wildman–Crippen MR) is 40.9 cm³/mol. The lowest BCUT2D eigenvalue weighted by Crippen LogP contribution is -2.00. The zero-order chi connectivity index (χ0) is 6.95. The van der Waals surface area contributed by atoms with Crippen LogP contribution >= 0.6 is 15.9 Å². The molecular formula is C6H13BrO2. The van der Waals surface area contributed by atoms with Crippen molar-refractivity contribution in [2.75, 3.05) is 25.2 Å². The Balaban J connectivity index is 2.60. The highest BCUT2D eigenvalue weighted by atomic mass is 79.9. The highest BCUT2D eigenvalue weighted by Gasteiger charge is 1.85. The van der Waals surface area contributed by atoms with E-state index in [1.807, 2.05) is 0 Å². The third-order valence-electron chi connectivity index (χ3n) is 0.908. The summed E-state index contributed by atoms with van der Waals surface area (Å²) in [7, 11) is 0. The predicted octanol–water partition coefficient (Wildman–Crippen LogP) is 1.17. The zero-order valence-corrected chi connectivity index (χ0v) is 7.06. The van der Waals surface area contributed by atoms with Gasteiger partial charge < -0.3 is 9.84 Å². The molecule has 0 aliphatic heterocycles. The van der Waals surface area contributed by atoms with Crippen LogP contribution in [0.5, 0.6) is 0 Å². The first-order valence-electron chi connectivity index (χ1n) is 3.16. The fraction of sp³-hybridized carbons (Fsp3) is 1.00. The van der Waals surface area contributed by atoms with Crippen molar-refractivity contribution in [2.45, 2.75) is 12.8 Å². The molecule has 0 aromatic heterocycles. The molecule has 0 unspecified atom stereocenters. The Morgan fingerprint density at radius 3 is 2.56 bits per heavy atom. The highest BCUT2D eigenvalue weighted by molar-refractivity contribution is 9.09. The molecule has 0 aliphatic carbocycles. The summed E-state index contributed by atoms with van der Waals surface area (Å²) >= 11 is 3.31. The third kappa shape index (κ3) is 8.40. The summed E-state index contributed by atoms with van der Waals surface area (Å²) in [6.45, 7) is 1.38. The Labute approximate surface area is 64.3 Å². The molecule has 0 saturated heterocycles. The number of hydrogen-bond donors (Lipinski definition) is 1. The van der Waals surface area contributed by atoms with Gasteiger partial charge in [0.05, 0.1) is 13.2 Å². The summed E-state index contributed by atoms with van der Waals surface area (Å²) < 4.78 is 5.01. The second-order valence-corrected chi connectivity index (χ2v) is 2.53. The minimum Gasteiger partial charge on any atom is -0.394 e. The minimum atomic E-state index is 0.133. The van der Waals surface area contributed by atoms with E-state index < -0.39 is 0 Å². The van der Waals surface area contributed by atoms with Gasteiger partial charge in [-0.3, -0.25) is 0 Å². The summed E-state index contributed by atoms with van der Waals surface area (Å²) in [5.41, 5.74) is 0. The van der Waals surface area contributed by atoms with E-state index in [9.17, 15) is 0 Å². The second-order valence-electron chi connectivity index (χ2n) is 1.73. The number of halogens is 1. The Bertz CT molecular complexity index is 44.3. The first-order valence-corrected chi connectivity index (χ1v) is 4.28. The first kappa shape index (κ1) is 9.40. The molecule has 0 bridgehead atoms. The molecule has 0 amide bonds. The van der Waals surface area contributed by atoms with Gasteiger partial charge in [0, 0.05) is 11.9 Å². The summed E-state index contributed by atoms with van der Waals surface area (Å²) in [5, 5.41) is 9.33. The van der Waals surface area contributed by atoms with Gasteiger partial charge in [-0.25, -0.2) is 0 Å². The van der Waals surface area contributed by atoms with E-state index in [4.69, 9.17) is 9.84 Å². The molecule has 0 aromatic carbocycles. The van der Waals surface area contributed by atoms with E-state index in [1.54, 1.807) is 0 Å².